The van der Waals surface area contributed by atoms with Crippen LogP contribution in [0.15, 0.2) is 33.6 Å². The van der Waals surface area contributed by atoms with Crippen molar-refractivity contribution in [2.45, 2.75) is 55.9 Å². The van der Waals surface area contributed by atoms with Gasteiger partial charge in [-0.1, -0.05) is 35.2 Å². The lowest BCUT2D eigenvalue weighted by molar-refractivity contribution is -0.130. The Morgan fingerprint density at radius 1 is 1.04 bits per heavy atom. The molecule has 1 saturated heterocycles. The van der Waals surface area contributed by atoms with Crippen molar-refractivity contribution >= 4 is 31.9 Å². The van der Waals surface area contributed by atoms with Crippen molar-refractivity contribution < 1.29 is 13.2 Å². The van der Waals surface area contributed by atoms with Crippen LogP contribution in [-0.2, 0) is 14.8 Å². The second kappa shape index (κ2) is 8.18. The van der Waals surface area contributed by atoms with E-state index in [2.05, 4.69) is 15.9 Å². The summed E-state index contributed by atoms with van der Waals surface area (Å²) in [7, 11) is -3.68. The van der Waals surface area contributed by atoms with Crippen molar-refractivity contribution in [2.75, 3.05) is 19.6 Å². The average Bonchev–Trinajstić information content (AvgIpc) is 3.15. The Morgan fingerprint density at radius 3 is 2.24 bits per heavy atom. The van der Waals surface area contributed by atoms with Crippen LogP contribution in [0.1, 0.15) is 44.9 Å². The predicted molar refractivity (Wildman–Crippen MR) is 101 cm³/mol. The van der Waals surface area contributed by atoms with E-state index in [1.54, 1.807) is 29.2 Å². The molecule has 1 aromatic rings. The van der Waals surface area contributed by atoms with Crippen LogP contribution in [0.5, 0.6) is 0 Å². The Kier molecular flexibility index (Phi) is 6.17. The van der Waals surface area contributed by atoms with Crippen molar-refractivity contribution in [3.05, 3.63) is 28.7 Å². The van der Waals surface area contributed by atoms with Gasteiger partial charge in [-0.2, -0.15) is 4.31 Å². The van der Waals surface area contributed by atoms with Gasteiger partial charge in [-0.3, -0.25) is 4.79 Å². The third kappa shape index (κ3) is 4.44. The summed E-state index contributed by atoms with van der Waals surface area (Å²) in [6.07, 6.45) is 6.88. The van der Waals surface area contributed by atoms with Gasteiger partial charge in [0.25, 0.3) is 0 Å². The van der Waals surface area contributed by atoms with Gasteiger partial charge in [-0.15, -0.1) is 0 Å². The number of carbonyl (C=O) groups is 1. The highest BCUT2D eigenvalue weighted by Crippen LogP contribution is 2.28. The summed E-state index contributed by atoms with van der Waals surface area (Å²) in [5.41, 5.74) is 0. The Bertz CT molecular complexity index is 694. The number of hydrogen-bond acceptors (Lipinski definition) is 3. The lowest BCUT2D eigenvalue weighted by Gasteiger charge is -2.34. The Balaban J connectivity index is 1.86. The first-order valence-electron chi connectivity index (χ1n) is 9.04. The summed E-state index contributed by atoms with van der Waals surface area (Å²) in [6, 6.07) is 6.60. The average molecular weight is 429 g/mol. The molecule has 7 heteroatoms. The smallest absolute Gasteiger partial charge is 0.243 e. The molecule has 0 bridgehead atoms. The highest BCUT2D eigenvalue weighted by atomic mass is 79.9. The topological polar surface area (TPSA) is 57.7 Å². The van der Waals surface area contributed by atoms with E-state index < -0.39 is 10.0 Å². The van der Waals surface area contributed by atoms with Gasteiger partial charge in [0.2, 0.25) is 15.9 Å². The molecule has 0 radical (unpaired) electrons. The molecule has 1 aromatic carbocycles. The normalized spacial score (nSPS) is 19.5. The minimum Gasteiger partial charge on any atom is -0.342 e. The van der Waals surface area contributed by atoms with Crippen LogP contribution in [0.25, 0.3) is 0 Å². The Labute approximate surface area is 158 Å². The molecule has 0 spiro atoms. The lowest BCUT2D eigenvalue weighted by atomic mass is 9.95. The van der Waals surface area contributed by atoms with E-state index in [1.165, 1.54) is 4.31 Å². The second-order valence-corrected chi connectivity index (χ2v) is 9.69. The van der Waals surface area contributed by atoms with Crippen molar-refractivity contribution in [3.63, 3.8) is 0 Å². The zero-order valence-corrected chi connectivity index (χ0v) is 16.8. The third-order valence-electron chi connectivity index (χ3n) is 5.15. The standard InChI is InChI=1S/C18H25BrN2O3S/c19-15-8-10-17(11-9-15)25(23,24)21(16-6-2-1-3-7-16)14-18(22)20-12-4-5-13-20/h8-11,16H,1-7,12-14H2. The zero-order valence-electron chi connectivity index (χ0n) is 14.4. The molecule has 1 aliphatic heterocycles. The number of benzene rings is 1. The molecule has 5 nitrogen and oxygen atoms in total. The first-order chi connectivity index (χ1) is 12.0. The van der Waals surface area contributed by atoms with Gasteiger partial charge in [-0.05, 0) is 49.9 Å². The molecule has 1 heterocycles. The van der Waals surface area contributed by atoms with Gasteiger partial charge in [0.15, 0.2) is 0 Å². The molecule has 3 rings (SSSR count). The van der Waals surface area contributed by atoms with Crippen LogP contribution in [0, 0.1) is 0 Å². The van der Waals surface area contributed by atoms with Crippen LogP contribution in [0.4, 0.5) is 0 Å². The number of likely N-dealkylation sites (tertiary alicyclic amines) is 1. The maximum absolute atomic E-state index is 13.2. The van der Waals surface area contributed by atoms with E-state index in [0.29, 0.717) is 0 Å². The minimum absolute atomic E-state index is 0.0386. The molecule has 2 aliphatic rings. The fraction of sp³-hybridized carbons (Fsp3) is 0.611. The van der Waals surface area contributed by atoms with Gasteiger partial charge < -0.3 is 4.90 Å². The predicted octanol–water partition coefficient (Wildman–Crippen LogP) is 3.39. The van der Waals surface area contributed by atoms with E-state index in [1.807, 2.05) is 0 Å². The van der Waals surface area contributed by atoms with Crippen LogP contribution in [0.2, 0.25) is 0 Å². The number of sulfonamides is 1. The number of carbonyl (C=O) groups excluding carboxylic acids is 1. The molecule has 25 heavy (non-hydrogen) atoms. The first-order valence-corrected chi connectivity index (χ1v) is 11.3. The number of halogens is 1. The van der Waals surface area contributed by atoms with E-state index in [4.69, 9.17) is 0 Å². The molecule has 2 fully saturated rings. The molecule has 1 saturated carbocycles. The number of nitrogens with zero attached hydrogens (tertiary/aromatic N) is 2. The number of rotatable bonds is 5. The first kappa shape index (κ1) is 18.9. The number of amides is 1. The van der Waals surface area contributed by atoms with Crippen molar-refractivity contribution in [2.24, 2.45) is 0 Å². The molecule has 0 unspecified atom stereocenters. The fourth-order valence-corrected chi connectivity index (χ4v) is 5.62. The SMILES string of the molecule is O=C(CN(C1CCCCC1)S(=O)(=O)c1ccc(Br)cc1)N1CCCC1. The fourth-order valence-electron chi connectivity index (χ4n) is 3.72. The molecule has 1 aliphatic carbocycles. The molecule has 1 amide bonds. The van der Waals surface area contributed by atoms with Crippen LogP contribution >= 0.6 is 15.9 Å². The Morgan fingerprint density at radius 2 is 1.64 bits per heavy atom. The van der Waals surface area contributed by atoms with Crippen molar-refractivity contribution in [3.8, 4) is 0 Å². The summed E-state index contributed by atoms with van der Waals surface area (Å²) in [6.45, 7) is 1.45. The minimum atomic E-state index is -3.68. The van der Waals surface area contributed by atoms with Crippen LogP contribution in [0.3, 0.4) is 0 Å². The molecule has 138 valence electrons. The lowest BCUT2D eigenvalue weighted by Crippen LogP contribution is -2.47. The number of hydrogen-bond donors (Lipinski definition) is 0. The van der Waals surface area contributed by atoms with E-state index >= 15 is 0 Å². The van der Waals surface area contributed by atoms with E-state index in [9.17, 15) is 13.2 Å². The summed E-state index contributed by atoms with van der Waals surface area (Å²) in [5, 5.41) is 0. The maximum atomic E-state index is 13.2. The van der Waals surface area contributed by atoms with Gasteiger partial charge >= 0.3 is 0 Å². The van der Waals surface area contributed by atoms with E-state index in [0.717, 1.165) is 62.5 Å². The largest absolute Gasteiger partial charge is 0.342 e. The Hall–Kier alpha value is -0.920. The van der Waals surface area contributed by atoms with Gasteiger partial charge in [0, 0.05) is 23.6 Å². The second-order valence-electron chi connectivity index (χ2n) is 6.88. The third-order valence-corrected chi connectivity index (χ3v) is 7.59. The van der Waals surface area contributed by atoms with Crippen molar-refractivity contribution in [1.29, 1.82) is 0 Å². The summed E-state index contributed by atoms with van der Waals surface area (Å²) in [4.78, 5) is 14.7. The molecule has 0 atom stereocenters. The maximum Gasteiger partial charge on any atom is 0.243 e. The molecule has 0 N–H and O–H groups in total. The van der Waals surface area contributed by atoms with Crippen molar-refractivity contribution in [1.82, 2.24) is 9.21 Å². The molecule has 0 aromatic heterocycles. The molecular weight excluding hydrogens is 404 g/mol. The molecular formula is C18H25BrN2O3S. The van der Waals surface area contributed by atoms with E-state index in [-0.39, 0.29) is 23.4 Å². The summed E-state index contributed by atoms with van der Waals surface area (Å²) in [5.74, 6) is -0.0660. The van der Waals surface area contributed by atoms with Crippen LogP contribution < -0.4 is 0 Å². The van der Waals surface area contributed by atoms with Crippen LogP contribution in [-0.4, -0.2) is 49.2 Å². The monoisotopic (exact) mass is 428 g/mol. The van der Waals surface area contributed by atoms with Gasteiger partial charge in [-0.25, -0.2) is 8.42 Å². The quantitative estimate of drug-likeness (QED) is 0.721. The highest BCUT2D eigenvalue weighted by molar-refractivity contribution is 9.10. The zero-order chi connectivity index (χ0) is 17.9. The summed E-state index contributed by atoms with van der Waals surface area (Å²) >= 11 is 3.34. The highest BCUT2D eigenvalue weighted by Gasteiger charge is 2.35. The van der Waals surface area contributed by atoms with Gasteiger partial charge in [0.05, 0.1) is 11.4 Å². The summed E-state index contributed by atoms with van der Waals surface area (Å²) < 4.78 is 28.8. The van der Waals surface area contributed by atoms with Gasteiger partial charge in [0.1, 0.15) is 0 Å².